The molecule has 0 saturated heterocycles. The van der Waals surface area contributed by atoms with Gasteiger partial charge < -0.3 is 29.9 Å². The molecule has 513 valence electrons. The summed E-state index contributed by atoms with van der Waals surface area (Å²) in [5.74, 6) is -2.97. The van der Waals surface area contributed by atoms with Gasteiger partial charge >= 0.3 is 0 Å². The van der Waals surface area contributed by atoms with E-state index in [0.29, 0.717) is 5.56 Å². The molecule has 0 amide bonds. The number of hydrogen-bond acceptors (Lipinski definition) is 6. The fourth-order valence-electron chi connectivity index (χ4n) is 9.86. The van der Waals surface area contributed by atoms with Crippen LogP contribution in [0.1, 0.15) is 49.7 Å². The van der Waals surface area contributed by atoms with E-state index in [1.165, 1.54) is 18.2 Å². The zero-order valence-corrected chi connectivity index (χ0v) is 62.6. The van der Waals surface area contributed by atoms with Crippen LogP contribution in [0.3, 0.4) is 0 Å². The standard InChI is InChI=1S/C21H20N.C19H15FN.C18H13FN.3C11H8N.3Ir/c1-16(2)13-17-7-6-10-19(14-17)20-11-12-22-21(15-20)18-8-4-3-5-9-18;1-2-14-12-16(8-9-18(14)20)17-10-11-21-19(13-17)15-6-4-3-5-7-15;1-13-11-15(7-8-17(13)19)16-9-10-20-18(12-16)14-5-3-2-4-6-14;3*1-2-6-10(7-3-1)11-8-4-5-9-12-11;;;/h3-8,10-12,14-16H,13H2,1-2H3;3-6,8-13H,2H2,1H3;2-5,7-12H,1H3;3*1-6,8-9H;;;/q6*-1;;;/i1D3,13D2,16D;1D3;;;;;;;. The second-order valence-electron chi connectivity index (χ2n) is 21.9. The van der Waals surface area contributed by atoms with Crippen LogP contribution in [-0.2, 0) is 73.1 Å². The average Bonchev–Trinajstić information content (AvgIpc) is 0.753. The molecule has 6 aromatic heterocycles. The Morgan fingerprint density at radius 3 is 1.01 bits per heavy atom. The van der Waals surface area contributed by atoms with Crippen molar-refractivity contribution in [3.8, 4) is 101 Å². The zero-order valence-electron chi connectivity index (χ0n) is 64.4. The maximum absolute atomic E-state index is 13.9. The van der Waals surface area contributed by atoms with Crippen LogP contribution in [0.15, 0.2) is 334 Å². The molecular formula is C91H72F2Ir3N6-6. The monoisotopic (exact) mass is 1870 g/mol. The van der Waals surface area contributed by atoms with Crippen LogP contribution >= 0.6 is 0 Å². The molecule has 1 atom stereocenters. The van der Waals surface area contributed by atoms with Crippen molar-refractivity contribution in [2.75, 3.05) is 0 Å². The number of hydrogen-bond donors (Lipinski definition) is 0. The SMILES string of the molecule is Cc1cc(-c2ccnc(-c3[c-]cccc3)c2)ccc1F.[2H]C([2H])([2H])C([2H])(C)C([2H])([2H])c1cccc(-c2ccnc(-c3[c-]cccc3)c2)c1.[2H]C([2H])([2H])Cc1cc(-c2ccnc(-c3[c-]cccc3)c2)ccc1F.[Ir].[Ir].[Ir].[c-]1ccccc1-c1ccccn1.[c-]1ccccc1-c1ccccn1.[c-]1ccccc1-c1ccccn1. The topological polar surface area (TPSA) is 77.3 Å². The summed E-state index contributed by atoms with van der Waals surface area (Å²) < 4.78 is 96.9. The molecule has 0 aliphatic heterocycles. The molecule has 0 bridgehead atoms. The molecule has 0 aliphatic rings. The molecule has 15 aromatic rings. The number of rotatable bonds is 12. The van der Waals surface area contributed by atoms with Crippen molar-refractivity contribution in [3.63, 3.8) is 0 Å². The van der Waals surface area contributed by atoms with Crippen LogP contribution in [0.4, 0.5) is 8.78 Å². The minimum Gasteiger partial charge on any atom is -0.305 e. The van der Waals surface area contributed by atoms with Crippen molar-refractivity contribution < 1.29 is 81.4 Å². The van der Waals surface area contributed by atoms with Gasteiger partial charge in [0.15, 0.2) is 0 Å². The van der Waals surface area contributed by atoms with Gasteiger partial charge in [-0.2, -0.15) is 0 Å². The molecule has 6 heterocycles. The number of halogens is 2. The van der Waals surface area contributed by atoms with Gasteiger partial charge in [0.2, 0.25) is 0 Å². The molecule has 102 heavy (non-hydrogen) atoms. The van der Waals surface area contributed by atoms with Gasteiger partial charge in [-0.3, -0.25) is 0 Å². The normalized spacial score (nSPS) is 12.3. The molecule has 0 N–H and O–H groups in total. The van der Waals surface area contributed by atoms with Gasteiger partial charge in [-0.15, -0.1) is 215 Å². The Labute approximate surface area is 653 Å². The van der Waals surface area contributed by atoms with E-state index >= 15 is 0 Å². The molecular weight excluding hydrogens is 1790 g/mol. The summed E-state index contributed by atoms with van der Waals surface area (Å²) in [6, 6.07) is 110. The minimum atomic E-state index is -2.76. The molecule has 0 spiro atoms. The molecule has 15 rings (SSSR count). The average molecular weight is 1870 g/mol. The van der Waals surface area contributed by atoms with E-state index in [9.17, 15) is 8.78 Å². The largest absolute Gasteiger partial charge is 0.305 e. The Balaban J connectivity index is 0.000000190. The Hall–Kier alpha value is -10.3. The van der Waals surface area contributed by atoms with Gasteiger partial charge in [-0.05, 0) is 171 Å². The number of pyridine rings is 6. The third kappa shape index (κ3) is 24.5. The number of aryl methyl sites for hydroxylation is 2. The summed E-state index contributed by atoms with van der Waals surface area (Å²) in [6.07, 6.45) is 7.82. The third-order valence-corrected chi connectivity index (χ3v) is 14.8. The predicted octanol–water partition coefficient (Wildman–Crippen LogP) is 22.6. The van der Waals surface area contributed by atoms with Crippen molar-refractivity contribution in [2.45, 2.75) is 40.3 Å². The van der Waals surface area contributed by atoms with Crippen LogP contribution in [0, 0.1) is 60.9 Å². The summed E-state index contributed by atoms with van der Waals surface area (Å²) in [4.78, 5) is 25.7. The van der Waals surface area contributed by atoms with E-state index in [1.54, 1.807) is 74.4 Å². The summed E-state index contributed by atoms with van der Waals surface area (Å²) in [5, 5.41) is 0. The van der Waals surface area contributed by atoms with Crippen LogP contribution in [-0.4, -0.2) is 29.9 Å². The van der Waals surface area contributed by atoms with E-state index in [1.807, 2.05) is 249 Å². The Kier molecular flexibility index (Phi) is 27.7. The molecule has 0 fully saturated rings. The molecule has 1 unspecified atom stereocenters. The van der Waals surface area contributed by atoms with Crippen molar-refractivity contribution >= 4 is 0 Å². The molecule has 6 nitrogen and oxygen atoms in total. The van der Waals surface area contributed by atoms with E-state index in [-0.39, 0.29) is 83.7 Å². The van der Waals surface area contributed by atoms with Crippen molar-refractivity contribution in [1.82, 2.24) is 29.9 Å². The maximum Gasteiger partial charge on any atom is 0.126 e. The summed E-state index contributed by atoms with van der Waals surface area (Å²) in [5.41, 5.74) is 17.2. The van der Waals surface area contributed by atoms with Crippen LogP contribution < -0.4 is 0 Å². The molecule has 9 aromatic carbocycles. The summed E-state index contributed by atoms with van der Waals surface area (Å²) in [7, 11) is 0. The van der Waals surface area contributed by atoms with E-state index in [4.69, 9.17) is 12.3 Å². The maximum atomic E-state index is 13.9. The Bertz CT molecular complexity index is 4960. The fraction of sp³-hybridized carbons (Fsp3) is 0.0769. The minimum absolute atomic E-state index is 0. The van der Waals surface area contributed by atoms with Crippen molar-refractivity contribution in [2.24, 2.45) is 5.89 Å². The summed E-state index contributed by atoms with van der Waals surface area (Å²) >= 11 is 0. The Morgan fingerprint density at radius 2 is 0.676 bits per heavy atom. The van der Waals surface area contributed by atoms with E-state index in [0.717, 1.165) is 108 Å². The molecule has 0 saturated carbocycles. The number of nitrogens with zero attached hydrogens (tertiary/aromatic N) is 6. The first-order chi connectivity index (χ1) is 52.1. The first kappa shape index (κ1) is 66.2. The van der Waals surface area contributed by atoms with Gasteiger partial charge in [0, 0.05) is 110 Å². The smallest absolute Gasteiger partial charge is 0.126 e. The fourth-order valence-corrected chi connectivity index (χ4v) is 9.86. The number of benzene rings is 9. The first-order valence-corrected chi connectivity index (χ1v) is 31.7. The molecule has 0 aliphatic carbocycles. The van der Waals surface area contributed by atoms with E-state index < -0.39 is 31.8 Å². The first-order valence-electron chi connectivity index (χ1n) is 36.2. The zero-order chi connectivity index (χ0) is 76.4. The third-order valence-electron chi connectivity index (χ3n) is 14.8. The van der Waals surface area contributed by atoms with Gasteiger partial charge in [0.1, 0.15) is 11.6 Å². The van der Waals surface area contributed by atoms with Gasteiger partial charge in [-0.25, -0.2) is 8.78 Å². The second-order valence-corrected chi connectivity index (χ2v) is 21.9. The summed E-state index contributed by atoms with van der Waals surface area (Å²) in [6.45, 7) is -2.09. The molecule has 11 heteroatoms. The van der Waals surface area contributed by atoms with Crippen molar-refractivity contribution in [1.29, 1.82) is 0 Å². The predicted molar refractivity (Wildman–Crippen MR) is 400 cm³/mol. The quantitative estimate of drug-likeness (QED) is 0.113. The van der Waals surface area contributed by atoms with Gasteiger partial charge in [0.05, 0.1) is 0 Å². The van der Waals surface area contributed by atoms with Gasteiger partial charge in [-0.1, -0.05) is 112 Å². The van der Waals surface area contributed by atoms with Crippen LogP contribution in [0.5, 0.6) is 0 Å². The Morgan fingerprint density at radius 1 is 0.343 bits per heavy atom. The van der Waals surface area contributed by atoms with Crippen molar-refractivity contribution in [3.05, 3.63) is 399 Å². The van der Waals surface area contributed by atoms with Gasteiger partial charge in [0.25, 0.3) is 0 Å². The number of aromatic nitrogens is 6. The van der Waals surface area contributed by atoms with E-state index in [2.05, 4.69) is 66.3 Å². The second kappa shape index (κ2) is 42.7. The molecule has 3 radical (unpaired) electrons. The van der Waals surface area contributed by atoms with Crippen LogP contribution in [0.2, 0.25) is 0 Å². The van der Waals surface area contributed by atoms with Crippen LogP contribution in [0.25, 0.3) is 101 Å².